The molecule has 5 aromatic rings. The Morgan fingerprint density at radius 2 is 1.97 bits per heavy atom. The van der Waals surface area contributed by atoms with E-state index in [0.717, 1.165) is 10.9 Å². The van der Waals surface area contributed by atoms with Crippen LogP contribution in [0.1, 0.15) is 20.8 Å². The van der Waals surface area contributed by atoms with Crippen molar-refractivity contribution in [1.29, 1.82) is 0 Å². The number of aryl methyl sites for hydroxylation is 1. The minimum atomic E-state index is -0.769. The van der Waals surface area contributed by atoms with Gasteiger partial charge in [0.2, 0.25) is 5.95 Å². The Labute approximate surface area is 218 Å². The van der Waals surface area contributed by atoms with Crippen molar-refractivity contribution < 1.29 is 9.53 Å². The van der Waals surface area contributed by atoms with Crippen LogP contribution in [0, 0.1) is 0 Å². The SMILES string of the molecule is C=CCn1c(=O)c2cnc(N(C(=O)OC(C)(C)C)c3ccc4c(cnn4C)c3)nc2n1-c1cccc(N)c1. The van der Waals surface area contributed by atoms with E-state index < -0.39 is 11.7 Å². The van der Waals surface area contributed by atoms with Crippen LogP contribution in [0.3, 0.4) is 0 Å². The summed E-state index contributed by atoms with van der Waals surface area (Å²) in [6, 6.07) is 12.5. The maximum atomic E-state index is 13.5. The maximum Gasteiger partial charge on any atom is 0.421 e. The molecule has 0 unspecified atom stereocenters. The highest BCUT2D eigenvalue weighted by Gasteiger charge is 2.29. The van der Waals surface area contributed by atoms with Crippen LogP contribution < -0.4 is 16.2 Å². The second kappa shape index (κ2) is 9.18. The Kier molecular flexibility index (Phi) is 5.98. The van der Waals surface area contributed by atoms with E-state index in [1.54, 1.807) is 66.7 Å². The van der Waals surface area contributed by atoms with Crippen molar-refractivity contribution in [3.63, 3.8) is 0 Å². The molecular formula is C27H28N8O3. The second-order valence-corrected chi connectivity index (χ2v) is 9.82. The number of nitrogen functional groups attached to an aromatic ring is 1. The van der Waals surface area contributed by atoms with Gasteiger partial charge in [-0.1, -0.05) is 12.1 Å². The summed E-state index contributed by atoms with van der Waals surface area (Å²) in [5, 5.41) is 5.40. The summed E-state index contributed by atoms with van der Waals surface area (Å²) in [5.41, 5.74) is 7.82. The number of nitrogens with two attached hydrogens (primary N) is 1. The molecule has 194 valence electrons. The number of aromatic nitrogens is 6. The summed E-state index contributed by atoms with van der Waals surface area (Å²) < 4.78 is 10.6. The van der Waals surface area contributed by atoms with Crippen molar-refractivity contribution in [1.82, 2.24) is 29.1 Å². The van der Waals surface area contributed by atoms with Gasteiger partial charge in [-0.25, -0.2) is 24.0 Å². The van der Waals surface area contributed by atoms with Gasteiger partial charge in [-0.05, 0) is 57.2 Å². The quantitative estimate of drug-likeness (QED) is 0.275. The van der Waals surface area contributed by atoms with Crippen molar-refractivity contribution in [2.45, 2.75) is 32.9 Å². The Morgan fingerprint density at radius 1 is 1.18 bits per heavy atom. The highest BCUT2D eigenvalue weighted by Crippen LogP contribution is 2.29. The van der Waals surface area contributed by atoms with Crippen LogP contribution in [-0.4, -0.2) is 40.8 Å². The first-order valence-electron chi connectivity index (χ1n) is 12.0. The van der Waals surface area contributed by atoms with Gasteiger partial charge in [-0.15, -0.1) is 6.58 Å². The predicted molar refractivity (Wildman–Crippen MR) is 147 cm³/mol. The van der Waals surface area contributed by atoms with E-state index in [9.17, 15) is 9.59 Å². The standard InChI is InChI=1S/C27H28N8O3/c1-6-12-33-24(36)21-16-29-25(31-23(21)35(33)20-9-7-8-18(28)14-20)34(26(37)38-27(2,3)4)19-10-11-22-17(13-19)15-30-32(22)5/h6-11,13-16H,1,12,28H2,2-5H3. The van der Waals surface area contributed by atoms with Crippen molar-refractivity contribution in [3.05, 3.63) is 77.9 Å². The van der Waals surface area contributed by atoms with Crippen LogP contribution in [0.15, 0.2) is 72.3 Å². The average molecular weight is 513 g/mol. The molecule has 2 N–H and O–H groups in total. The Balaban J connectivity index is 1.75. The van der Waals surface area contributed by atoms with Crippen molar-refractivity contribution in [2.24, 2.45) is 7.05 Å². The average Bonchev–Trinajstić information content (AvgIpc) is 3.35. The molecule has 0 radical (unpaired) electrons. The largest absolute Gasteiger partial charge is 0.443 e. The van der Waals surface area contributed by atoms with Gasteiger partial charge in [0.1, 0.15) is 11.0 Å². The smallest absolute Gasteiger partial charge is 0.421 e. The molecule has 0 saturated heterocycles. The Hall–Kier alpha value is -4.93. The third-order valence-corrected chi connectivity index (χ3v) is 5.84. The monoisotopic (exact) mass is 512 g/mol. The summed E-state index contributed by atoms with van der Waals surface area (Å²) in [4.78, 5) is 37.2. The number of carbonyl (C=O) groups is 1. The van der Waals surface area contributed by atoms with Gasteiger partial charge in [-0.2, -0.15) is 10.1 Å². The molecular weight excluding hydrogens is 484 g/mol. The molecule has 11 heteroatoms. The van der Waals surface area contributed by atoms with Gasteiger partial charge in [-0.3, -0.25) is 9.48 Å². The fraction of sp³-hybridized carbons (Fsp3) is 0.222. The third-order valence-electron chi connectivity index (χ3n) is 5.84. The summed E-state index contributed by atoms with van der Waals surface area (Å²) in [5.74, 6) is 0.0448. The lowest BCUT2D eigenvalue weighted by Crippen LogP contribution is -2.34. The van der Waals surface area contributed by atoms with E-state index in [-0.39, 0.29) is 23.4 Å². The number of amides is 1. The lowest BCUT2D eigenvalue weighted by molar-refractivity contribution is 0.0597. The lowest BCUT2D eigenvalue weighted by atomic mass is 10.2. The molecule has 0 bridgehead atoms. The zero-order chi connectivity index (χ0) is 27.2. The van der Waals surface area contributed by atoms with E-state index >= 15 is 0 Å². The summed E-state index contributed by atoms with van der Waals surface area (Å²) >= 11 is 0. The Morgan fingerprint density at radius 3 is 2.68 bits per heavy atom. The second-order valence-electron chi connectivity index (χ2n) is 9.82. The minimum Gasteiger partial charge on any atom is -0.443 e. The molecule has 0 aliphatic carbocycles. The van der Waals surface area contributed by atoms with Crippen molar-refractivity contribution >= 4 is 45.4 Å². The fourth-order valence-electron chi connectivity index (χ4n) is 4.23. The number of allylic oxidation sites excluding steroid dienone is 1. The summed E-state index contributed by atoms with van der Waals surface area (Å²) in [6.07, 6.45) is 4.09. The van der Waals surface area contributed by atoms with E-state index in [0.29, 0.717) is 22.7 Å². The van der Waals surface area contributed by atoms with Gasteiger partial charge < -0.3 is 10.5 Å². The normalized spacial score (nSPS) is 11.7. The summed E-state index contributed by atoms with van der Waals surface area (Å²) in [7, 11) is 1.84. The van der Waals surface area contributed by atoms with Gasteiger partial charge >= 0.3 is 6.09 Å². The zero-order valence-corrected chi connectivity index (χ0v) is 21.6. The molecule has 0 aliphatic rings. The van der Waals surface area contributed by atoms with Crippen LogP contribution in [0.5, 0.6) is 0 Å². The number of ether oxygens (including phenoxy) is 1. The number of hydrogen-bond donors (Lipinski definition) is 1. The first-order valence-corrected chi connectivity index (χ1v) is 12.0. The molecule has 5 rings (SSSR count). The molecule has 2 aromatic carbocycles. The number of carbonyl (C=O) groups excluding carboxylic acids is 1. The summed E-state index contributed by atoms with van der Waals surface area (Å²) in [6.45, 7) is 9.35. The highest BCUT2D eigenvalue weighted by atomic mass is 16.6. The Bertz CT molecular complexity index is 1760. The van der Waals surface area contributed by atoms with Gasteiger partial charge in [0.05, 0.1) is 29.6 Å². The molecule has 3 aromatic heterocycles. The number of rotatable bonds is 5. The highest BCUT2D eigenvalue weighted by molar-refractivity contribution is 5.97. The van der Waals surface area contributed by atoms with E-state index in [1.807, 2.05) is 25.2 Å². The topological polar surface area (TPSA) is 126 Å². The van der Waals surface area contributed by atoms with Crippen molar-refractivity contribution in [2.75, 3.05) is 10.6 Å². The molecule has 11 nitrogen and oxygen atoms in total. The lowest BCUT2D eigenvalue weighted by Gasteiger charge is -2.26. The minimum absolute atomic E-state index is 0.0448. The van der Waals surface area contributed by atoms with E-state index in [2.05, 4.69) is 16.7 Å². The predicted octanol–water partition coefficient (Wildman–Crippen LogP) is 4.31. The molecule has 3 heterocycles. The molecule has 0 aliphatic heterocycles. The molecule has 1 amide bonds. The van der Waals surface area contributed by atoms with Crippen LogP contribution in [-0.2, 0) is 18.3 Å². The van der Waals surface area contributed by atoms with Gasteiger partial charge in [0.15, 0.2) is 5.65 Å². The van der Waals surface area contributed by atoms with Crippen LogP contribution >= 0.6 is 0 Å². The number of fused-ring (bicyclic) bond motifs is 2. The van der Waals surface area contributed by atoms with Crippen LogP contribution in [0.25, 0.3) is 27.6 Å². The maximum absolute atomic E-state index is 13.5. The van der Waals surface area contributed by atoms with Gasteiger partial charge in [0, 0.05) is 24.3 Å². The zero-order valence-electron chi connectivity index (χ0n) is 21.6. The van der Waals surface area contributed by atoms with Crippen LogP contribution in [0.2, 0.25) is 0 Å². The van der Waals surface area contributed by atoms with Crippen molar-refractivity contribution in [3.8, 4) is 5.69 Å². The third kappa shape index (κ3) is 4.38. The van der Waals surface area contributed by atoms with E-state index in [4.69, 9.17) is 15.5 Å². The first-order chi connectivity index (χ1) is 18.1. The molecule has 0 spiro atoms. The van der Waals surface area contributed by atoms with E-state index in [1.165, 1.54) is 15.8 Å². The molecule has 0 fully saturated rings. The van der Waals surface area contributed by atoms with Crippen LogP contribution in [0.4, 0.5) is 22.1 Å². The fourth-order valence-corrected chi connectivity index (χ4v) is 4.23. The first kappa shape index (κ1) is 24.8. The number of anilines is 3. The number of hydrogen-bond acceptors (Lipinski definition) is 7. The molecule has 0 atom stereocenters. The molecule has 0 saturated carbocycles. The molecule has 38 heavy (non-hydrogen) atoms. The van der Waals surface area contributed by atoms with Gasteiger partial charge in [0.25, 0.3) is 5.56 Å². The number of nitrogens with zero attached hydrogens (tertiary/aromatic N) is 7. The number of benzene rings is 2.